The van der Waals surface area contributed by atoms with Crippen molar-refractivity contribution in [2.45, 2.75) is 51.9 Å². The molecule has 190 valence electrons. The van der Waals surface area contributed by atoms with Crippen molar-refractivity contribution in [1.29, 1.82) is 0 Å². The Labute approximate surface area is 208 Å². The molecule has 1 aliphatic heterocycles. The summed E-state index contributed by atoms with van der Waals surface area (Å²) >= 11 is 0. The molecule has 2 aromatic heterocycles. The van der Waals surface area contributed by atoms with Crippen molar-refractivity contribution in [2.75, 3.05) is 45.3 Å². The summed E-state index contributed by atoms with van der Waals surface area (Å²) in [6.45, 7) is 10.4. The molecule has 8 nitrogen and oxygen atoms in total. The number of para-hydroxylation sites is 2. The fourth-order valence-electron chi connectivity index (χ4n) is 4.57. The van der Waals surface area contributed by atoms with Crippen LogP contribution in [0.5, 0.6) is 0 Å². The minimum Gasteiger partial charge on any atom is -0.382 e. The number of ether oxygens (including phenoxy) is 2. The largest absolute Gasteiger partial charge is 0.382 e. The summed E-state index contributed by atoms with van der Waals surface area (Å²) in [5.74, 6) is 1.31. The van der Waals surface area contributed by atoms with E-state index in [1.54, 1.807) is 7.11 Å². The third-order valence-corrected chi connectivity index (χ3v) is 6.80. The first-order valence-electron chi connectivity index (χ1n) is 12.7. The van der Waals surface area contributed by atoms with E-state index in [1.807, 2.05) is 43.3 Å². The average Bonchev–Trinajstić information content (AvgIpc) is 3.20. The number of hydrogen-bond donors (Lipinski definition) is 2. The molecule has 1 fully saturated rings. The maximum Gasteiger partial charge on any atom is 0.206 e. The van der Waals surface area contributed by atoms with Crippen molar-refractivity contribution in [3.63, 3.8) is 0 Å². The summed E-state index contributed by atoms with van der Waals surface area (Å²) < 4.78 is 13.8. The molecule has 0 aliphatic carbocycles. The fourth-order valence-corrected chi connectivity index (χ4v) is 4.57. The smallest absolute Gasteiger partial charge is 0.206 e. The van der Waals surface area contributed by atoms with Crippen molar-refractivity contribution in [1.82, 2.24) is 19.4 Å². The molecule has 2 atom stereocenters. The topological polar surface area (TPSA) is 90.5 Å². The van der Waals surface area contributed by atoms with Crippen LogP contribution >= 0.6 is 0 Å². The molecule has 0 spiro atoms. The summed E-state index contributed by atoms with van der Waals surface area (Å²) in [7, 11) is 1.68. The molecule has 0 saturated carbocycles. The number of aromatic nitrogens is 3. The van der Waals surface area contributed by atoms with Crippen molar-refractivity contribution in [3.05, 3.63) is 53.9 Å². The standard InChI is InChI=1S/C27H40N6O2/c1-19(2)22(28)18-32-14-12-21(13-15-32)30-27-31-23-9-5-6-11-25(23)33(27)26(35-17-16-34-4)24-10-7-8-20(3)29-24/h5-11,19,21-22,26H,12-18,28H2,1-4H3,(H,30,31). The summed E-state index contributed by atoms with van der Waals surface area (Å²) in [5, 5.41) is 3.75. The lowest BCUT2D eigenvalue weighted by molar-refractivity contribution is 0.00177. The van der Waals surface area contributed by atoms with Gasteiger partial charge in [0.2, 0.25) is 5.95 Å². The van der Waals surface area contributed by atoms with Gasteiger partial charge in [-0.25, -0.2) is 4.98 Å². The number of fused-ring (bicyclic) bond motifs is 1. The number of nitrogens with one attached hydrogen (secondary N) is 1. The van der Waals surface area contributed by atoms with Gasteiger partial charge >= 0.3 is 0 Å². The zero-order chi connectivity index (χ0) is 24.8. The van der Waals surface area contributed by atoms with Crippen LogP contribution in [-0.2, 0) is 9.47 Å². The maximum absolute atomic E-state index is 6.36. The fraction of sp³-hybridized carbons (Fsp3) is 0.556. The van der Waals surface area contributed by atoms with Crippen LogP contribution in [0.2, 0.25) is 0 Å². The second-order valence-electron chi connectivity index (χ2n) is 9.84. The lowest BCUT2D eigenvalue weighted by Gasteiger charge is -2.35. The van der Waals surface area contributed by atoms with Crippen LogP contribution < -0.4 is 11.1 Å². The van der Waals surface area contributed by atoms with E-state index in [1.165, 1.54) is 0 Å². The zero-order valence-corrected chi connectivity index (χ0v) is 21.5. The number of hydrogen-bond acceptors (Lipinski definition) is 7. The number of imidazole rings is 1. The highest BCUT2D eigenvalue weighted by atomic mass is 16.5. The summed E-state index contributed by atoms with van der Waals surface area (Å²) in [4.78, 5) is 12.3. The highest BCUT2D eigenvalue weighted by Crippen LogP contribution is 2.30. The van der Waals surface area contributed by atoms with Gasteiger partial charge in [0.15, 0.2) is 6.23 Å². The minimum atomic E-state index is -0.413. The number of benzene rings is 1. The number of likely N-dealkylation sites (tertiary alicyclic amines) is 1. The second kappa shape index (κ2) is 11.9. The van der Waals surface area contributed by atoms with Crippen molar-refractivity contribution >= 4 is 17.0 Å². The molecule has 4 rings (SSSR count). The van der Waals surface area contributed by atoms with Gasteiger partial charge in [0.05, 0.1) is 29.9 Å². The van der Waals surface area contributed by atoms with Crippen LogP contribution in [0, 0.1) is 12.8 Å². The molecule has 3 heterocycles. The number of piperidine rings is 1. The molecule has 3 N–H and O–H groups in total. The Hall–Kier alpha value is -2.52. The van der Waals surface area contributed by atoms with Crippen molar-refractivity contribution in [2.24, 2.45) is 11.7 Å². The third kappa shape index (κ3) is 6.38. The molecule has 0 amide bonds. The van der Waals surface area contributed by atoms with E-state index in [4.69, 9.17) is 25.2 Å². The van der Waals surface area contributed by atoms with Crippen LogP contribution in [0.4, 0.5) is 5.95 Å². The number of aryl methyl sites for hydroxylation is 1. The zero-order valence-electron chi connectivity index (χ0n) is 21.5. The number of methoxy groups -OCH3 is 1. The molecule has 0 radical (unpaired) electrons. The number of nitrogens with zero attached hydrogens (tertiary/aromatic N) is 4. The SMILES string of the molecule is COCCOC(c1cccc(C)n1)n1c(NC2CCN(CC(N)C(C)C)CC2)nc2ccccc21. The highest BCUT2D eigenvalue weighted by Gasteiger charge is 2.27. The molecule has 1 aliphatic rings. The molecule has 3 aromatic rings. The first-order chi connectivity index (χ1) is 17.0. The Kier molecular flexibility index (Phi) is 8.73. The predicted octanol–water partition coefficient (Wildman–Crippen LogP) is 3.81. The molecule has 0 bridgehead atoms. The Morgan fingerprint density at radius 2 is 1.83 bits per heavy atom. The molecule has 1 saturated heterocycles. The van der Waals surface area contributed by atoms with Gasteiger partial charge in [-0.3, -0.25) is 9.55 Å². The number of nitrogens with two attached hydrogens (primary N) is 1. The summed E-state index contributed by atoms with van der Waals surface area (Å²) in [6, 6.07) is 14.8. The molecule has 35 heavy (non-hydrogen) atoms. The van der Waals surface area contributed by atoms with Gasteiger partial charge in [-0.05, 0) is 49.9 Å². The number of anilines is 1. The van der Waals surface area contributed by atoms with Crippen LogP contribution in [0.25, 0.3) is 11.0 Å². The monoisotopic (exact) mass is 480 g/mol. The van der Waals surface area contributed by atoms with Gasteiger partial charge < -0.3 is 25.4 Å². The minimum absolute atomic E-state index is 0.218. The normalized spacial score (nSPS) is 17.2. The van der Waals surface area contributed by atoms with Crippen LogP contribution in [0.1, 0.15) is 44.3 Å². The lowest BCUT2D eigenvalue weighted by Crippen LogP contribution is -2.46. The quantitative estimate of drug-likeness (QED) is 0.403. The van der Waals surface area contributed by atoms with Gasteiger partial charge in [0.1, 0.15) is 0 Å². The molecule has 1 aromatic carbocycles. The third-order valence-electron chi connectivity index (χ3n) is 6.80. The van der Waals surface area contributed by atoms with Crippen LogP contribution in [0.3, 0.4) is 0 Å². The first kappa shape index (κ1) is 25.6. The van der Waals surface area contributed by atoms with E-state index >= 15 is 0 Å². The average molecular weight is 481 g/mol. The van der Waals surface area contributed by atoms with Gasteiger partial charge in [-0.15, -0.1) is 0 Å². The Balaban J connectivity index is 1.59. The predicted molar refractivity (Wildman–Crippen MR) is 141 cm³/mol. The molecular formula is C27H40N6O2. The van der Waals surface area contributed by atoms with Gasteiger partial charge in [-0.2, -0.15) is 0 Å². The van der Waals surface area contributed by atoms with Crippen molar-refractivity contribution in [3.8, 4) is 0 Å². The molecule has 8 heteroatoms. The van der Waals surface area contributed by atoms with Gasteiger partial charge in [0.25, 0.3) is 0 Å². The Morgan fingerprint density at radius 1 is 1.06 bits per heavy atom. The van der Waals surface area contributed by atoms with E-state index in [-0.39, 0.29) is 6.04 Å². The molecular weight excluding hydrogens is 440 g/mol. The summed E-state index contributed by atoms with van der Waals surface area (Å²) in [6.07, 6.45) is 1.68. The number of pyridine rings is 1. The maximum atomic E-state index is 6.36. The van der Waals surface area contributed by atoms with Gasteiger partial charge in [0, 0.05) is 44.5 Å². The van der Waals surface area contributed by atoms with Crippen LogP contribution in [0.15, 0.2) is 42.5 Å². The van der Waals surface area contributed by atoms with E-state index in [0.717, 1.165) is 60.8 Å². The lowest BCUT2D eigenvalue weighted by atomic mass is 10.0. The van der Waals surface area contributed by atoms with E-state index in [9.17, 15) is 0 Å². The summed E-state index contributed by atoms with van der Waals surface area (Å²) in [5.41, 5.74) is 10.1. The Bertz CT molecular complexity index is 1080. The van der Waals surface area contributed by atoms with E-state index in [0.29, 0.717) is 25.2 Å². The first-order valence-corrected chi connectivity index (χ1v) is 12.7. The van der Waals surface area contributed by atoms with E-state index < -0.39 is 6.23 Å². The van der Waals surface area contributed by atoms with Crippen molar-refractivity contribution < 1.29 is 9.47 Å². The molecule has 2 unspecified atom stereocenters. The number of rotatable bonds is 11. The Morgan fingerprint density at radius 3 is 2.54 bits per heavy atom. The second-order valence-corrected chi connectivity index (χ2v) is 9.84. The van der Waals surface area contributed by atoms with Gasteiger partial charge in [-0.1, -0.05) is 32.0 Å². The highest BCUT2D eigenvalue weighted by molar-refractivity contribution is 5.79. The van der Waals surface area contributed by atoms with E-state index in [2.05, 4.69) is 34.7 Å². The van der Waals surface area contributed by atoms with Crippen LogP contribution in [-0.4, -0.2) is 71.5 Å².